The molecule has 0 aromatic heterocycles. The molecule has 0 heterocycles. The van der Waals surface area contributed by atoms with Gasteiger partial charge in [0.25, 0.3) is 0 Å². The minimum absolute atomic E-state index is 0.0879. The monoisotopic (exact) mass is 498 g/mol. The standard InChI is InChI=1S/C26H33ClF2O5/c1-5-6-21(33)34-26(20(32)13-27)14(2)11-17-15-7-8-16-22(28)18(30)9-10-23(16,3)25(15,29)19(31)12-24(17,26)4/h9-10,14-15,17,19,31H,5-8,11-13H2,1-4H3/t14-,15+,17+,19+,23+,24+,25+,26-/m1/s1. The zero-order valence-corrected chi connectivity index (χ0v) is 20.9. The van der Waals surface area contributed by atoms with E-state index in [0.717, 1.165) is 6.08 Å². The normalized spacial score (nSPS) is 45.5. The molecule has 0 unspecified atom stereocenters. The highest BCUT2D eigenvalue weighted by molar-refractivity contribution is 6.29. The highest BCUT2D eigenvalue weighted by Gasteiger charge is 2.77. The van der Waals surface area contributed by atoms with Crippen LogP contribution in [-0.2, 0) is 19.1 Å². The Morgan fingerprint density at radius 1 is 1.29 bits per heavy atom. The average molecular weight is 499 g/mol. The Morgan fingerprint density at radius 3 is 2.59 bits per heavy atom. The molecule has 0 saturated heterocycles. The van der Waals surface area contributed by atoms with E-state index in [0.29, 0.717) is 12.8 Å². The number of hydrogen-bond acceptors (Lipinski definition) is 5. The first-order chi connectivity index (χ1) is 15.8. The number of ketones is 2. The van der Waals surface area contributed by atoms with Crippen LogP contribution >= 0.6 is 11.6 Å². The molecule has 3 fully saturated rings. The summed E-state index contributed by atoms with van der Waals surface area (Å²) in [7, 11) is 0. The summed E-state index contributed by atoms with van der Waals surface area (Å²) in [4.78, 5) is 38.0. The molecule has 0 spiro atoms. The maximum atomic E-state index is 17.3. The zero-order valence-electron chi connectivity index (χ0n) is 20.1. The second-order valence-corrected chi connectivity index (χ2v) is 11.3. The summed E-state index contributed by atoms with van der Waals surface area (Å²) < 4.78 is 38.0. The van der Waals surface area contributed by atoms with Gasteiger partial charge in [0.1, 0.15) is 0 Å². The predicted octanol–water partition coefficient (Wildman–Crippen LogP) is 4.79. The molecule has 1 N–H and O–H groups in total. The zero-order chi connectivity index (χ0) is 25.3. The SMILES string of the molecule is CCCC(=O)O[C@@]1(C(=O)CCl)[C@H](C)C[C@H]2[C@@H]3CCC4=C(F)C(=O)C=C[C@]4(C)[C@@]3(F)[C@@H](O)C[C@@]21C. The van der Waals surface area contributed by atoms with Gasteiger partial charge in [-0.3, -0.25) is 14.4 Å². The third-order valence-corrected chi connectivity index (χ3v) is 9.78. The first kappa shape index (κ1) is 25.5. The van der Waals surface area contributed by atoms with Gasteiger partial charge < -0.3 is 9.84 Å². The lowest BCUT2D eigenvalue weighted by molar-refractivity contribution is -0.227. The van der Waals surface area contributed by atoms with Gasteiger partial charge in [-0.2, -0.15) is 0 Å². The topological polar surface area (TPSA) is 80.7 Å². The highest BCUT2D eigenvalue weighted by Crippen LogP contribution is 2.71. The maximum Gasteiger partial charge on any atom is 0.306 e. The average Bonchev–Trinajstić information content (AvgIpc) is 2.99. The molecule has 0 amide bonds. The number of aliphatic hydroxyl groups excluding tert-OH is 1. The van der Waals surface area contributed by atoms with Crippen LogP contribution in [0.5, 0.6) is 0 Å². The van der Waals surface area contributed by atoms with Crippen molar-refractivity contribution >= 4 is 29.1 Å². The van der Waals surface area contributed by atoms with Crippen molar-refractivity contribution in [2.75, 3.05) is 5.88 Å². The molecule has 4 aliphatic carbocycles. The predicted molar refractivity (Wildman–Crippen MR) is 122 cm³/mol. The number of ether oxygens (including phenoxy) is 1. The lowest BCUT2D eigenvalue weighted by Crippen LogP contribution is -2.70. The molecule has 8 heteroatoms. The van der Waals surface area contributed by atoms with E-state index in [1.54, 1.807) is 13.8 Å². The number of rotatable bonds is 5. The Balaban J connectivity index is 1.85. The molecule has 5 nitrogen and oxygen atoms in total. The largest absolute Gasteiger partial charge is 0.450 e. The van der Waals surface area contributed by atoms with E-state index < -0.39 is 69.3 Å². The molecule has 0 aromatic carbocycles. The van der Waals surface area contributed by atoms with Crippen LogP contribution in [0.15, 0.2) is 23.6 Å². The molecule has 4 aliphatic rings. The van der Waals surface area contributed by atoms with Gasteiger partial charge in [-0.25, -0.2) is 8.78 Å². The quantitative estimate of drug-likeness (QED) is 0.435. The number of allylic oxidation sites excluding steroid dienone is 4. The van der Waals surface area contributed by atoms with Gasteiger partial charge in [-0.15, -0.1) is 11.6 Å². The van der Waals surface area contributed by atoms with Gasteiger partial charge in [-0.1, -0.05) is 26.8 Å². The van der Waals surface area contributed by atoms with Crippen molar-refractivity contribution in [1.29, 1.82) is 0 Å². The summed E-state index contributed by atoms with van der Waals surface area (Å²) in [5.41, 5.74) is -6.27. The van der Waals surface area contributed by atoms with Crippen molar-refractivity contribution in [2.45, 2.75) is 83.6 Å². The molecule has 0 bridgehead atoms. The van der Waals surface area contributed by atoms with Gasteiger partial charge in [0, 0.05) is 29.1 Å². The number of hydrogen-bond donors (Lipinski definition) is 1. The number of alkyl halides is 2. The van der Waals surface area contributed by atoms with E-state index in [1.165, 1.54) is 6.08 Å². The third kappa shape index (κ3) is 2.95. The molecular weight excluding hydrogens is 466 g/mol. The molecule has 0 aromatic rings. The number of carbonyl (C=O) groups excluding carboxylic acids is 3. The van der Waals surface area contributed by atoms with Gasteiger partial charge in [0.15, 0.2) is 22.9 Å². The fourth-order valence-corrected chi connectivity index (χ4v) is 8.21. The summed E-state index contributed by atoms with van der Waals surface area (Å²) in [6, 6.07) is 0. The van der Waals surface area contributed by atoms with Crippen molar-refractivity contribution in [2.24, 2.45) is 28.6 Å². The molecule has 0 aliphatic heterocycles. The first-order valence-electron chi connectivity index (χ1n) is 12.2. The Morgan fingerprint density at radius 2 is 1.97 bits per heavy atom. The van der Waals surface area contributed by atoms with Crippen LogP contribution in [0.1, 0.15) is 66.2 Å². The van der Waals surface area contributed by atoms with Crippen LogP contribution < -0.4 is 0 Å². The van der Waals surface area contributed by atoms with Crippen molar-refractivity contribution in [1.82, 2.24) is 0 Å². The summed E-state index contributed by atoms with van der Waals surface area (Å²) in [6.45, 7) is 6.98. The Kier molecular flexibility index (Phi) is 6.17. The number of esters is 1. The van der Waals surface area contributed by atoms with Gasteiger partial charge in [0.2, 0.25) is 5.78 Å². The van der Waals surface area contributed by atoms with E-state index >= 15 is 4.39 Å². The highest BCUT2D eigenvalue weighted by atomic mass is 35.5. The molecule has 3 saturated carbocycles. The Labute approximate surface area is 203 Å². The number of halogens is 3. The van der Waals surface area contributed by atoms with Gasteiger partial charge >= 0.3 is 5.97 Å². The third-order valence-electron chi connectivity index (χ3n) is 9.54. The maximum absolute atomic E-state index is 17.3. The van der Waals surface area contributed by atoms with Crippen LogP contribution in [0.2, 0.25) is 0 Å². The van der Waals surface area contributed by atoms with E-state index in [1.807, 2.05) is 13.8 Å². The van der Waals surface area contributed by atoms with Gasteiger partial charge in [0.05, 0.1) is 12.0 Å². The minimum Gasteiger partial charge on any atom is -0.450 e. The van der Waals surface area contributed by atoms with E-state index in [2.05, 4.69) is 0 Å². The Hall–Kier alpha value is -1.60. The molecule has 34 heavy (non-hydrogen) atoms. The van der Waals surface area contributed by atoms with Crippen LogP contribution in [-0.4, -0.2) is 45.9 Å². The number of carbonyl (C=O) groups is 3. The fourth-order valence-electron chi connectivity index (χ4n) is 8.01. The van der Waals surface area contributed by atoms with Crippen molar-refractivity contribution < 1.29 is 33.0 Å². The van der Waals surface area contributed by atoms with Crippen molar-refractivity contribution in [3.8, 4) is 0 Å². The summed E-state index contributed by atoms with van der Waals surface area (Å²) >= 11 is 6.02. The second kappa shape index (κ2) is 8.22. The summed E-state index contributed by atoms with van der Waals surface area (Å²) in [5.74, 6) is -4.62. The van der Waals surface area contributed by atoms with E-state index in [9.17, 15) is 23.9 Å². The Bertz CT molecular complexity index is 994. The first-order valence-corrected chi connectivity index (χ1v) is 12.7. The lowest BCUT2D eigenvalue weighted by atomic mass is 9.44. The smallest absolute Gasteiger partial charge is 0.306 e. The number of fused-ring (bicyclic) bond motifs is 5. The van der Waals surface area contributed by atoms with Crippen molar-refractivity contribution in [3.05, 3.63) is 23.6 Å². The molecule has 188 valence electrons. The summed E-state index contributed by atoms with van der Waals surface area (Å²) in [5, 5.41) is 11.4. The number of Topliss-reactive ketones (excluding diaryl/α,β-unsaturated/α-hetero) is 1. The van der Waals surface area contributed by atoms with Crippen LogP contribution in [0.4, 0.5) is 8.78 Å². The molecule has 8 atom stereocenters. The summed E-state index contributed by atoms with van der Waals surface area (Å²) in [6.07, 6.45) is 2.20. The molecular formula is C26H33ClF2O5. The van der Waals surface area contributed by atoms with Crippen molar-refractivity contribution in [3.63, 3.8) is 0 Å². The van der Waals surface area contributed by atoms with Crippen LogP contribution in [0.3, 0.4) is 0 Å². The van der Waals surface area contributed by atoms with E-state index in [-0.39, 0.29) is 37.1 Å². The molecule has 4 rings (SSSR count). The van der Waals surface area contributed by atoms with Crippen LogP contribution in [0, 0.1) is 28.6 Å². The lowest BCUT2D eigenvalue weighted by Gasteiger charge is -2.62. The van der Waals surface area contributed by atoms with Crippen LogP contribution in [0.25, 0.3) is 0 Å². The molecule has 0 radical (unpaired) electrons. The number of aliphatic hydroxyl groups is 1. The minimum atomic E-state index is -2.24. The second-order valence-electron chi connectivity index (χ2n) is 11.0. The van der Waals surface area contributed by atoms with Gasteiger partial charge in [-0.05, 0) is 56.6 Å². The van der Waals surface area contributed by atoms with E-state index in [4.69, 9.17) is 16.3 Å². The fraction of sp³-hybridized carbons (Fsp3) is 0.731.